The predicted molar refractivity (Wildman–Crippen MR) is 138 cm³/mol. The Labute approximate surface area is 238 Å². The zero-order valence-electron chi connectivity index (χ0n) is 23.7. The van der Waals surface area contributed by atoms with E-state index in [4.69, 9.17) is 42.3 Å². The molecule has 0 radical (unpaired) electrons. The summed E-state index contributed by atoms with van der Waals surface area (Å²) in [6.45, 7) is 5.54. The number of benzene rings is 1. The van der Waals surface area contributed by atoms with Gasteiger partial charge in [0.15, 0.2) is 18.0 Å². The van der Waals surface area contributed by atoms with Crippen molar-refractivity contribution in [3.8, 4) is 17.2 Å². The van der Waals surface area contributed by atoms with E-state index in [1.54, 1.807) is 6.92 Å². The molecule has 15 heteroatoms. The van der Waals surface area contributed by atoms with E-state index in [0.29, 0.717) is 0 Å². The lowest BCUT2D eigenvalue weighted by Crippen LogP contribution is -2.63. The highest BCUT2D eigenvalue weighted by atomic mass is 16.7. The second kappa shape index (κ2) is 13.8. The first-order chi connectivity index (χ1) is 19.8. The second-order valence-electron chi connectivity index (χ2n) is 8.92. The first-order valence-electron chi connectivity index (χ1n) is 12.7. The second-order valence-corrected chi connectivity index (χ2v) is 8.92. The van der Waals surface area contributed by atoms with Crippen molar-refractivity contribution >= 4 is 40.8 Å². The largest absolute Gasteiger partial charge is 0.492 e. The third kappa shape index (κ3) is 7.75. The molecule has 228 valence electrons. The van der Waals surface area contributed by atoms with Gasteiger partial charge in [0.05, 0.1) is 12.5 Å². The van der Waals surface area contributed by atoms with E-state index in [9.17, 15) is 28.8 Å². The van der Waals surface area contributed by atoms with E-state index in [0.717, 1.165) is 27.7 Å². The lowest BCUT2D eigenvalue weighted by Gasteiger charge is -2.43. The lowest BCUT2D eigenvalue weighted by molar-refractivity contribution is -0.288. The highest BCUT2D eigenvalue weighted by molar-refractivity contribution is 5.88. The van der Waals surface area contributed by atoms with Crippen LogP contribution in [0.2, 0.25) is 0 Å². The van der Waals surface area contributed by atoms with Crippen LogP contribution >= 0.6 is 0 Å². The van der Waals surface area contributed by atoms with Gasteiger partial charge in [-0.2, -0.15) is 0 Å². The highest BCUT2D eigenvalue weighted by Gasteiger charge is 2.53. The molecule has 1 fully saturated rings. The molecule has 15 nitrogen and oxygen atoms in total. The molecule has 0 unspecified atom stereocenters. The maximum absolute atomic E-state index is 12.6. The summed E-state index contributed by atoms with van der Waals surface area (Å²) in [5.41, 5.74) is -1.03. The molecular formula is C27H30O15. The van der Waals surface area contributed by atoms with Gasteiger partial charge in [-0.3, -0.25) is 24.0 Å². The van der Waals surface area contributed by atoms with Crippen molar-refractivity contribution in [3.63, 3.8) is 0 Å². The molecule has 1 aromatic carbocycles. The van der Waals surface area contributed by atoms with E-state index < -0.39 is 78.5 Å². The van der Waals surface area contributed by atoms with Gasteiger partial charge in [0.1, 0.15) is 24.0 Å². The molecule has 5 atom stereocenters. The van der Waals surface area contributed by atoms with Crippen molar-refractivity contribution in [2.45, 2.75) is 71.7 Å². The molecule has 1 aliphatic rings. The number of hydrogen-bond donors (Lipinski definition) is 0. The maximum atomic E-state index is 12.6. The number of ether oxygens (including phenoxy) is 8. The molecule has 1 aliphatic heterocycles. The summed E-state index contributed by atoms with van der Waals surface area (Å²) in [4.78, 5) is 71.8. The molecule has 0 bridgehead atoms. The fourth-order valence-electron chi connectivity index (χ4n) is 4.10. The minimum Gasteiger partial charge on any atom is -0.492 e. The first-order valence-corrected chi connectivity index (χ1v) is 12.7. The van der Waals surface area contributed by atoms with Crippen LogP contribution in [0.15, 0.2) is 27.4 Å². The number of methoxy groups -OCH3 is 1. The predicted octanol–water partition coefficient (Wildman–Crippen LogP) is 1.58. The van der Waals surface area contributed by atoms with Crippen molar-refractivity contribution in [1.82, 2.24) is 0 Å². The van der Waals surface area contributed by atoms with Gasteiger partial charge < -0.3 is 42.3 Å². The van der Waals surface area contributed by atoms with E-state index in [1.165, 1.54) is 25.3 Å². The van der Waals surface area contributed by atoms with Crippen LogP contribution < -0.4 is 19.8 Å². The minimum atomic E-state index is -1.51. The molecule has 1 saturated heterocycles. The monoisotopic (exact) mass is 594 g/mol. The number of carbonyl (C=O) groups is 5. The van der Waals surface area contributed by atoms with Gasteiger partial charge in [-0.25, -0.2) is 4.79 Å². The molecule has 0 saturated carbocycles. The first kappa shape index (κ1) is 31.9. The Bertz CT molecular complexity index is 1410. The minimum absolute atomic E-state index is 0.00337. The number of rotatable bonds is 10. The van der Waals surface area contributed by atoms with Gasteiger partial charge in [0.2, 0.25) is 12.4 Å². The van der Waals surface area contributed by atoms with E-state index >= 15 is 0 Å². The molecule has 0 amide bonds. The van der Waals surface area contributed by atoms with Crippen LogP contribution in [0.4, 0.5) is 0 Å². The SMILES string of the molecule is CCC(=O)Oc1c(OC)c2ccc(O[C@@H]3O[C@H](COC(C)=O)[C@@H](OC(C)=O)[C@H](OC(C)=O)[C@H]3OC(C)=O)cc2oc1=O. The van der Waals surface area contributed by atoms with Crippen molar-refractivity contribution in [3.05, 3.63) is 28.6 Å². The Balaban J connectivity index is 2.06. The number of carbonyl (C=O) groups excluding carboxylic acids is 5. The number of fused-ring (bicyclic) bond motifs is 1. The van der Waals surface area contributed by atoms with Crippen LogP contribution in [-0.4, -0.2) is 74.3 Å². The van der Waals surface area contributed by atoms with Crippen LogP contribution in [0.25, 0.3) is 11.0 Å². The summed E-state index contributed by atoms with van der Waals surface area (Å²) in [7, 11) is 1.28. The smallest absolute Gasteiger partial charge is 0.383 e. The molecule has 2 heterocycles. The van der Waals surface area contributed by atoms with Crippen molar-refractivity contribution in [2.75, 3.05) is 13.7 Å². The standard InChI is InChI=1S/C27H30O15/c1-7-20(32)42-24-21(34-6)17-9-8-16(10-18(17)40-26(24)33)39-27-25(38-15(5)31)23(37-14(4)30)22(36-13(3)29)19(41-27)11-35-12(2)28/h8-10,19,22-23,25,27H,7,11H2,1-6H3/t19-,22-,23+,25-,27-/m1/s1. The Morgan fingerprint density at radius 3 is 2.02 bits per heavy atom. The number of esters is 5. The molecule has 2 aromatic rings. The molecule has 3 rings (SSSR count). The van der Waals surface area contributed by atoms with Gasteiger partial charge in [0.25, 0.3) is 5.75 Å². The van der Waals surface area contributed by atoms with Crippen LogP contribution in [0.5, 0.6) is 17.2 Å². The normalized spacial score (nSPS) is 21.5. The van der Waals surface area contributed by atoms with Gasteiger partial charge in [-0.05, 0) is 12.1 Å². The molecular weight excluding hydrogens is 564 g/mol. The fraction of sp³-hybridized carbons (Fsp3) is 0.481. The van der Waals surface area contributed by atoms with Crippen LogP contribution in [0.1, 0.15) is 41.0 Å². The van der Waals surface area contributed by atoms with E-state index in [2.05, 4.69) is 0 Å². The van der Waals surface area contributed by atoms with Crippen LogP contribution in [-0.2, 0) is 47.7 Å². The molecule has 42 heavy (non-hydrogen) atoms. The van der Waals surface area contributed by atoms with Crippen molar-refractivity contribution in [1.29, 1.82) is 0 Å². The Hall–Kier alpha value is -4.66. The van der Waals surface area contributed by atoms with Gasteiger partial charge in [-0.15, -0.1) is 0 Å². The summed E-state index contributed by atoms with van der Waals surface area (Å²) in [5.74, 6) is -4.20. The fourth-order valence-corrected chi connectivity index (χ4v) is 4.10. The summed E-state index contributed by atoms with van der Waals surface area (Å²) in [6, 6.07) is 4.16. The quantitative estimate of drug-likeness (QED) is 0.219. The summed E-state index contributed by atoms with van der Waals surface area (Å²) in [6.07, 6.45) is -7.02. The average molecular weight is 595 g/mol. The topological polar surface area (TPSA) is 189 Å². The summed E-state index contributed by atoms with van der Waals surface area (Å²) in [5, 5.41) is 0.255. The van der Waals surface area contributed by atoms with E-state index in [1.807, 2.05) is 0 Å². The highest BCUT2D eigenvalue weighted by Crippen LogP contribution is 2.36. The Kier molecular flexibility index (Phi) is 10.5. The van der Waals surface area contributed by atoms with E-state index in [-0.39, 0.29) is 28.9 Å². The molecule has 0 spiro atoms. The zero-order chi connectivity index (χ0) is 31.1. The third-order valence-corrected chi connectivity index (χ3v) is 5.70. The zero-order valence-corrected chi connectivity index (χ0v) is 23.7. The van der Waals surface area contributed by atoms with Crippen molar-refractivity contribution < 1.29 is 66.3 Å². The van der Waals surface area contributed by atoms with Gasteiger partial charge >= 0.3 is 35.5 Å². The van der Waals surface area contributed by atoms with Crippen LogP contribution in [0.3, 0.4) is 0 Å². The maximum Gasteiger partial charge on any atom is 0.383 e. The average Bonchev–Trinajstić information content (AvgIpc) is 2.90. The van der Waals surface area contributed by atoms with Gasteiger partial charge in [-0.1, -0.05) is 6.92 Å². The summed E-state index contributed by atoms with van der Waals surface area (Å²) >= 11 is 0. The lowest BCUT2D eigenvalue weighted by atomic mass is 9.98. The molecule has 1 aromatic heterocycles. The van der Waals surface area contributed by atoms with Crippen LogP contribution in [0, 0.1) is 0 Å². The number of hydrogen-bond acceptors (Lipinski definition) is 15. The van der Waals surface area contributed by atoms with Crippen molar-refractivity contribution in [2.24, 2.45) is 0 Å². The third-order valence-electron chi connectivity index (χ3n) is 5.70. The Morgan fingerprint density at radius 1 is 0.833 bits per heavy atom. The molecule has 0 aliphatic carbocycles. The Morgan fingerprint density at radius 2 is 1.45 bits per heavy atom. The molecule has 0 N–H and O–H groups in total. The van der Waals surface area contributed by atoms with Gasteiger partial charge in [0, 0.05) is 40.2 Å². The summed E-state index contributed by atoms with van der Waals surface area (Å²) < 4.78 is 48.7.